The van der Waals surface area contributed by atoms with Crippen molar-refractivity contribution in [3.8, 4) is 17.2 Å². The van der Waals surface area contributed by atoms with Crippen LogP contribution in [0.3, 0.4) is 0 Å². The molecule has 1 aliphatic heterocycles. The van der Waals surface area contributed by atoms with E-state index < -0.39 is 12.0 Å². The molecule has 0 aliphatic carbocycles. The van der Waals surface area contributed by atoms with E-state index >= 15 is 0 Å². The SMILES string of the molecule is Cc1[nH]c2c(C(N)=O)cc(C#N)c(-c3cccc4c3CCN(C(=O)O)C4)c2c1C. The Hall–Kier alpha value is -3.79. The first-order valence-corrected chi connectivity index (χ1v) is 9.28. The fourth-order valence-electron chi connectivity index (χ4n) is 4.23. The van der Waals surface area contributed by atoms with Crippen LogP contribution in [0, 0.1) is 25.2 Å². The van der Waals surface area contributed by atoms with Crippen molar-refractivity contribution >= 4 is 22.9 Å². The molecular weight excluding hydrogens is 368 g/mol. The van der Waals surface area contributed by atoms with Gasteiger partial charge >= 0.3 is 6.09 Å². The van der Waals surface area contributed by atoms with Gasteiger partial charge in [-0.25, -0.2) is 4.79 Å². The van der Waals surface area contributed by atoms with Crippen LogP contribution in [0.5, 0.6) is 0 Å². The minimum Gasteiger partial charge on any atom is -0.465 e. The van der Waals surface area contributed by atoms with Crippen molar-refractivity contribution in [1.82, 2.24) is 9.88 Å². The second-order valence-corrected chi connectivity index (χ2v) is 7.35. The molecule has 0 saturated carbocycles. The fraction of sp³-hybridized carbons (Fsp3) is 0.227. The Bertz CT molecular complexity index is 1230. The number of amides is 2. The number of aromatic amines is 1. The van der Waals surface area contributed by atoms with E-state index in [1.165, 1.54) is 4.90 Å². The highest BCUT2D eigenvalue weighted by Crippen LogP contribution is 2.40. The molecule has 1 aromatic heterocycles. The van der Waals surface area contributed by atoms with Gasteiger partial charge in [-0.2, -0.15) is 5.26 Å². The highest BCUT2D eigenvalue weighted by atomic mass is 16.4. The lowest BCUT2D eigenvalue weighted by Crippen LogP contribution is -2.34. The highest BCUT2D eigenvalue weighted by molar-refractivity contribution is 6.12. The first-order valence-electron chi connectivity index (χ1n) is 9.28. The van der Waals surface area contributed by atoms with Crippen LogP contribution in [-0.2, 0) is 13.0 Å². The van der Waals surface area contributed by atoms with Gasteiger partial charge in [-0.3, -0.25) is 4.79 Å². The smallest absolute Gasteiger partial charge is 0.407 e. The summed E-state index contributed by atoms with van der Waals surface area (Å²) in [6, 6.07) is 9.52. The zero-order valence-electron chi connectivity index (χ0n) is 16.2. The predicted octanol–water partition coefficient (Wildman–Crippen LogP) is 3.46. The van der Waals surface area contributed by atoms with Gasteiger partial charge in [0.25, 0.3) is 5.91 Å². The van der Waals surface area contributed by atoms with Gasteiger partial charge in [-0.1, -0.05) is 18.2 Å². The van der Waals surface area contributed by atoms with Crippen molar-refractivity contribution in [3.63, 3.8) is 0 Å². The summed E-state index contributed by atoms with van der Waals surface area (Å²) >= 11 is 0. The number of rotatable bonds is 2. The van der Waals surface area contributed by atoms with Gasteiger partial charge in [0, 0.05) is 29.7 Å². The fourth-order valence-corrected chi connectivity index (χ4v) is 4.23. The summed E-state index contributed by atoms with van der Waals surface area (Å²) in [4.78, 5) is 28.0. The molecule has 0 saturated heterocycles. The second-order valence-electron chi connectivity index (χ2n) is 7.35. The quantitative estimate of drug-likeness (QED) is 0.622. The number of carbonyl (C=O) groups excluding carboxylic acids is 1. The Kier molecular flexibility index (Phi) is 4.27. The van der Waals surface area contributed by atoms with Crippen LogP contribution >= 0.6 is 0 Å². The third kappa shape index (κ3) is 2.81. The van der Waals surface area contributed by atoms with Crippen molar-refractivity contribution in [2.75, 3.05) is 6.54 Å². The van der Waals surface area contributed by atoms with Crippen LogP contribution in [0.2, 0.25) is 0 Å². The molecule has 4 N–H and O–H groups in total. The molecule has 3 aromatic rings. The van der Waals surface area contributed by atoms with Crippen LogP contribution in [-0.4, -0.2) is 33.5 Å². The number of primary amides is 1. The van der Waals surface area contributed by atoms with Gasteiger partial charge in [0.2, 0.25) is 0 Å². The Morgan fingerprint density at radius 3 is 2.72 bits per heavy atom. The van der Waals surface area contributed by atoms with Crippen LogP contribution < -0.4 is 5.73 Å². The summed E-state index contributed by atoms with van der Waals surface area (Å²) in [5.41, 5.74) is 12.3. The topological polar surface area (TPSA) is 123 Å². The predicted molar refractivity (Wildman–Crippen MR) is 109 cm³/mol. The average molecular weight is 388 g/mol. The monoisotopic (exact) mass is 388 g/mol. The van der Waals surface area contributed by atoms with Gasteiger partial charge in [-0.05, 0) is 48.6 Å². The molecule has 0 fully saturated rings. The number of H-pyrrole nitrogens is 1. The Morgan fingerprint density at radius 1 is 1.31 bits per heavy atom. The number of nitrogens with zero attached hydrogens (tertiary/aromatic N) is 2. The maximum atomic E-state index is 12.0. The zero-order chi connectivity index (χ0) is 20.9. The van der Waals surface area contributed by atoms with Crippen molar-refractivity contribution in [1.29, 1.82) is 5.26 Å². The van der Waals surface area contributed by atoms with Crippen LogP contribution in [0.25, 0.3) is 22.0 Å². The summed E-state index contributed by atoms with van der Waals surface area (Å²) in [6.07, 6.45) is -0.381. The third-order valence-corrected chi connectivity index (χ3v) is 5.77. The number of hydrogen-bond acceptors (Lipinski definition) is 3. The van der Waals surface area contributed by atoms with Crippen LogP contribution in [0.4, 0.5) is 4.79 Å². The zero-order valence-corrected chi connectivity index (χ0v) is 16.2. The number of nitrogens with two attached hydrogens (primary N) is 1. The normalized spacial score (nSPS) is 13.2. The number of hydrogen-bond donors (Lipinski definition) is 3. The lowest BCUT2D eigenvalue weighted by Gasteiger charge is -2.28. The Labute approximate surface area is 167 Å². The molecule has 29 heavy (non-hydrogen) atoms. The number of aromatic nitrogens is 1. The molecule has 0 bridgehead atoms. The number of carboxylic acid groups (broad SMARTS) is 1. The molecule has 0 unspecified atom stereocenters. The molecule has 2 amide bonds. The first kappa shape index (κ1) is 18.6. The standard InChI is InChI=1S/C22H20N4O3/c1-11-12(2)25-20-17(21(24)27)8-14(9-23)19(18(11)20)16-5-3-4-13-10-26(22(28)29)7-6-15(13)16/h3-5,8,25H,6-7,10H2,1-2H3,(H2,24,27)(H,28,29). The molecule has 146 valence electrons. The molecule has 2 aromatic carbocycles. The van der Waals surface area contributed by atoms with Gasteiger partial charge in [0.1, 0.15) is 0 Å². The maximum absolute atomic E-state index is 12.0. The van der Waals surface area contributed by atoms with E-state index in [0.717, 1.165) is 38.9 Å². The molecule has 0 spiro atoms. The van der Waals surface area contributed by atoms with Crippen molar-refractivity contribution in [2.45, 2.75) is 26.8 Å². The second kappa shape index (κ2) is 6.67. The van der Waals surface area contributed by atoms with Gasteiger partial charge in [0.15, 0.2) is 0 Å². The average Bonchev–Trinajstić information content (AvgIpc) is 3.00. The first-order chi connectivity index (χ1) is 13.8. The van der Waals surface area contributed by atoms with E-state index in [1.54, 1.807) is 6.07 Å². The Balaban J connectivity index is 2.05. The molecule has 0 atom stereocenters. The number of nitrogens with one attached hydrogen (secondary N) is 1. The minimum absolute atomic E-state index is 0.290. The van der Waals surface area contributed by atoms with Crippen LogP contribution in [0.1, 0.15) is 38.3 Å². The summed E-state index contributed by atoms with van der Waals surface area (Å²) in [5.74, 6) is -0.591. The number of carbonyl (C=O) groups is 2. The molecule has 7 nitrogen and oxygen atoms in total. The maximum Gasteiger partial charge on any atom is 0.407 e. The molecule has 2 heterocycles. The van der Waals surface area contributed by atoms with Crippen molar-refractivity contribution in [2.24, 2.45) is 5.73 Å². The lowest BCUT2D eigenvalue weighted by atomic mass is 9.85. The van der Waals surface area contributed by atoms with Gasteiger partial charge in [-0.15, -0.1) is 0 Å². The summed E-state index contributed by atoms with van der Waals surface area (Å²) in [6.45, 7) is 4.58. The molecule has 7 heteroatoms. The number of fused-ring (bicyclic) bond motifs is 2. The minimum atomic E-state index is -0.941. The highest BCUT2D eigenvalue weighted by Gasteiger charge is 2.26. The summed E-state index contributed by atoms with van der Waals surface area (Å²) in [7, 11) is 0. The van der Waals surface area contributed by atoms with E-state index in [9.17, 15) is 20.0 Å². The van der Waals surface area contributed by atoms with Crippen molar-refractivity contribution in [3.05, 3.63) is 57.8 Å². The van der Waals surface area contributed by atoms with Crippen LogP contribution in [0.15, 0.2) is 24.3 Å². The largest absolute Gasteiger partial charge is 0.465 e. The number of benzene rings is 2. The molecule has 4 rings (SSSR count). The van der Waals surface area contributed by atoms with E-state index in [1.807, 2.05) is 32.0 Å². The number of aryl methyl sites for hydroxylation is 2. The lowest BCUT2D eigenvalue weighted by molar-refractivity contribution is 0.100. The van der Waals surface area contributed by atoms with Gasteiger partial charge < -0.3 is 20.7 Å². The van der Waals surface area contributed by atoms with E-state index in [2.05, 4.69) is 11.1 Å². The van der Waals surface area contributed by atoms with Gasteiger partial charge in [0.05, 0.1) is 22.7 Å². The number of nitriles is 1. The molecular formula is C22H20N4O3. The Morgan fingerprint density at radius 2 is 2.07 bits per heavy atom. The molecule has 1 aliphatic rings. The van der Waals surface area contributed by atoms with E-state index in [0.29, 0.717) is 36.2 Å². The van der Waals surface area contributed by atoms with E-state index in [-0.39, 0.29) is 0 Å². The molecule has 0 radical (unpaired) electrons. The van der Waals surface area contributed by atoms with E-state index in [4.69, 9.17) is 5.73 Å². The summed E-state index contributed by atoms with van der Waals surface area (Å²) < 4.78 is 0. The van der Waals surface area contributed by atoms with Crippen molar-refractivity contribution < 1.29 is 14.7 Å². The third-order valence-electron chi connectivity index (χ3n) is 5.77. The summed E-state index contributed by atoms with van der Waals surface area (Å²) in [5, 5.41) is 20.0.